The lowest BCUT2D eigenvalue weighted by atomic mass is 10.00. The molecule has 0 radical (unpaired) electrons. The van der Waals surface area contributed by atoms with Crippen LogP contribution in [-0.4, -0.2) is 28.0 Å². The molecule has 0 aliphatic rings. The molecule has 0 atom stereocenters. The van der Waals surface area contributed by atoms with Gasteiger partial charge in [0, 0.05) is 11.3 Å². The van der Waals surface area contributed by atoms with Gasteiger partial charge < -0.3 is 21.3 Å². The van der Waals surface area contributed by atoms with Crippen LogP contribution >= 0.6 is 0 Å². The molecule has 0 saturated carbocycles. The second-order valence-electron chi connectivity index (χ2n) is 5.29. The number of rotatable bonds is 3. The van der Waals surface area contributed by atoms with Crippen LogP contribution in [0.5, 0.6) is 5.75 Å². The van der Waals surface area contributed by atoms with Crippen LogP contribution in [0.3, 0.4) is 0 Å². The molecular weight excluding hydrogens is 330 g/mol. The first-order valence-corrected chi connectivity index (χ1v) is 7.73. The summed E-state index contributed by atoms with van der Waals surface area (Å²) in [5.41, 5.74) is 9.50. The highest BCUT2D eigenvalue weighted by Crippen LogP contribution is 2.26. The fourth-order valence-corrected chi connectivity index (χ4v) is 2.24. The summed E-state index contributed by atoms with van der Waals surface area (Å²) in [5.74, 6) is 0.189. The van der Waals surface area contributed by atoms with E-state index in [-0.39, 0.29) is 5.75 Å². The van der Waals surface area contributed by atoms with E-state index in [0.29, 0.717) is 5.69 Å². The minimum atomic E-state index is 0.189. The van der Waals surface area contributed by atoms with Gasteiger partial charge >= 0.3 is 0 Å². The van der Waals surface area contributed by atoms with Crippen molar-refractivity contribution in [2.75, 3.05) is 5.73 Å². The molecule has 0 aliphatic carbocycles. The number of phenolic OH excluding ortho intramolecular Hbond substituents is 1. The van der Waals surface area contributed by atoms with Crippen molar-refractivity contribution in [2.45, 2.75) is 0 Å². The summed E-state index contributed by atoms with van der Waals surface area (Å²) >= 11 is 0. The van der Waals surface area contributed by atoms with Gasteiger partial charge in [0.25, 0.3) is 0 Å². The summed E-state index contributed by atoms with van der Waals surface area (Å²) in [5, 5.41) is 32.0. The van der Waals surface area contributed by atoms with Gasteiger partial charge in [-0.3, -0.25) is 0 Å². The smallest absolute Gasteiger partial charge is 0.116 e. The Morgan fingerprint density at radius 2 is 1.42 bits per heavy atom. The van der Waals surface area contributed by atoms with Crippen LogP contribution in [-0.2, 0) is 0 Å². The number of hydrogen-bond donors (Lipinski definition) is 4. The Balaban J connectivity index is 0.000000209. The Labute approximate surface area is 151 Å². The molecule has 6 nitrogen and oxygen atoms in total. The molecule has 0 unspecified atom stereocenters. The Morgan fingerprint density at radius 1 is 0.769 bits per heavy atom. The van der Waals surface area contributed by atoms with Crippen molar-refractivity contribution in [3.05, 3.63) is 83.9 Å². The zero-order chi connectivity index (χ0) is 18.8. The zero-order valence-electron chi connectivity index (χ0n) is 13.9. The number of nitrogen functional groups attached to an aromatic ring is 1. The summed E-state index contributed by atoms with van der Waals surface area (Å²) in [6, 6.07) is 21.6. The van der Waals surface area contributed by atoms with E-state index in [9.17, 15) is 5.11 Å². The fraction of sp³-hybridized carbons (Fsp3) is 0. The molecule has 6 heteroatoms. The lowest BCUT2D eigenvalue weighted by Crippen LogP contribution is -1.87. The van der Waals surface area contributed by atoms with Crippen molar-refractivity contribution in [1.29, 1.82) is 0 Å². The number of anilines is 1. The highest BCUT2D eigenvalue weighted by Gasteiger charge is 2.04. The number of hydrogen-bond acceptors (Lipinski definition) is 6. The van der Waals surface area contributed by atoms with Crippen molar-refractivity contribution in [3.8, 4) is 16.9 Å². The molecule has 0 bridgehead atoms. The van der Waals surface area contributed by atoms with Crippen LogP contribution in [0.4, 0.5) is 5.69 Å². The van der Waals surface area contributed by atoms with Crippen molar-refractivity contribution in [2.24, 2.45) is 10.3 Å². The summed E-state index contributed by atoms with van der Waals surface area (Å²) in [6.45, 7) is 0. The minimum Gasteiger partial charge on any atom is -0.508 e. The molecule has 3 aromatic carbocycles. The van der Waals surface area contributed by atoms with Gasteiger partial charge in [-0.1, -0.05) is 52.8 Å². The van der Waals surface area contributed by atoms with Crippen LogP contribution in [0.25, 0.3) is 11.1 Å². The zero-order valence-corrected chi connectivity index (χ0v) is 13.9. The van der Waals surface area contributed by atoms with Gasteiger partial charge in [0.05, 0.1) is 12.4 Å². The molecule has 0 heterocycles. The third-order valence-corrected chi connectivity index (χ3v) is 3.46. The van der Waals surface area contributed by atoms with Crippen molar-refractivity contribution < 1.29 is 15.5 Å². The van der Waals surface area contributed by atoms with Gasteiger partial charge in [-0.15, -0.1) is 0 Å². The molecule has 132 valence electrons. The first kappa shape index (κ1) is 18.5. The number of nitrogens with zero attached hydrogens (tertiary/aromatic N) is 2. The van der Waals surface area contributed by atoms with Crippen molar-refractivity contribution in [1.82, 2.24) is 0 Å². The van der Waals surface area contributed by atoms with Gasteiger partial charge in [-0.2, -0.15) is 0 Å². The Kier molecular flexibility index (Phi) is 6.76. The molecule has 26 heavy (non-hydrogen) atoms. The van der Waals surface area contributed by atoms with E-state index in [1.54, 1.807) is 42.5 Å². The normalized spacial score (nSPS) is 10.6. The third kappa shape index (κ3) is 5.38. The van der Waals surface area contributed by atoms with E-state index in [1.165, 1.54) is 12.4 Å². The maximum atomic E-state index is 9.46. The maximum Gasteiger partial charge on any atom is 0.116 e. The number of benzene rings is 3. The monoisotopic (exact) mass is 349 g/mol. The molecular formula is C20H19N3O3. The van der Waals surface area contributed by atoms with Crippen molar-refractivity contribution >= 4 is 18.1 Å². The van der Waals surface area contributed by atoms with Crippen LogP contribution in [0.2, 0.25) is 0 Å². The van der Waals surface area contributed by atoms with Crippen LogP contribution in [0, 0.1) is 0 Å². The second-order valence-corrected chi connectivity index (χ2v) is 5.29. The predicted molar refractivity (Wildman–Crippen MR) is 103 cm³/mol. The van der Waals surface area contributed by atoms with Gasteiger partial charge in [0.15, 0.2) is 0 Å². The molecule has 0 saturated heterocycles. The molecule has 5 N–H and O–H groups in total. The average Bonchev–Trinajstić information content (AvgIpc) is 2.67. The number of oxime groups is 2. The Bertz CT molecular complexity index is 877. The lowest BCUT2D eigenvalue weighted by molar-refractivity contribution is 0.321. The molecule has 0 aliphatic heterocycles. The minimum absolute atomic E-state index is 0.189. The predicted octanol–water partition coefficient (Wildman–Crippen LogP) is 3.94. The topological polar surface area (TPSA) is 111 Å². The fourth-order valence-electron chi connectivity index (χ4n) is 2.24. The number of aromatic hydroxyl groups is 1. The van der Waals surface area contributed by atoms with E-state index in [1.807, 2.05) is 30.3 Å². The van der Waals surface area contributed by atoms with Gasteiger partial charge in [-0.25, -0.2) is 0 Å². The van der Waals surface area contributed by atoms with Crippen molar-refractivity contribution in [3.63, 3.8) is 0 Å². The van der Waals surface area contributed by atoms with Gasteiger partial charge in [0.2, 0.25) is 0 Å². The second kappa shape index (κ2) is 9.48. The highest BCUT2D eigenvalue weighted by atomic mass is 16.4. The lowest BCUT2D eigenvalue weighted by Gasteiger charge is -2.06. The quantitative estimate of drug-likeness (QED) is 0.248. The van der Waals surface area contributed by atoms with E-state index < -0.39 is 0 Å². The Morgan fingerprint density at radius 3 is 2.04 bits per heavy atom. The Hall–Kier alpha value is -3.80. The average molecular weight is 349 g/mol. The van der Waals surface area contributed by atoms with Crippen LogP contribution in [0.15, 0.2) is 83.1 Å². The van der Waals surface area contributed by atoms with E-state index >= 15 is 0 Å². The largest absolute Gasteiger partial charge is 0.508 e. The van der Waals surface area contributed by atoms with Crippen LogP contribution < -0.4 is 5.73 Å². The maximum absolute atomic E-state index is 9.46. The molecule has 0 aromatic heterocycles. The standard InChI is InChI=1S/C13H11NO2.C7H8N2O/c15-12-7-6-11(9-14-16)13(8-12)10-4-2-1-3-5-10;8-7-3-1-6(2-4-7)5-9-10/h1-9,15-16H;1-5,10H,8H2. The van der Waals surface area contributed by atoms with E-state index in [4.69, 9.17) is 16.1 Å². The van der Waals surface area contributed by atoms with E-state index in [0.717, 1.165) is 22.3 Å². The van der Waals surface area contributed by atoms with Crippen LogP contribution in [0.1, 0.15) is 11.1 Å². The van der Waals surface area contributed by atoms with Gasteiger partial charge in [-0.05, 0) is 47.0 Å². The number of nitrogens with two attached hydrogens (primary N) is 1. The van der Waals surface area contributed by atoms with E-state index in [2.05, 4.69) is 10.3 Å². The molecule has 0 fully saturated rings. The van der Waals surface area contributed by atoms with Gasteiger partial charge in [0.1, 0.15) is 5.75 Å². The first-order valence-electron chi connectivity index (χ1n) is 7.73. The summed E-state index contributed by atoms with van der Waals surface area (Å²) in [4.78, 5) is 0. The molecule has 3 rings (SSSR count). The highest BCUT2D eigenvalue weighted by molar-refractivity contribution is 5.90. The molecule has 0 spiro atoms. The SMILES string of the molecule is Nc1ccc(C=NO)cc1.ON=Cc1ccc(O)cc1-c1ccccc1. The summed E-state index contributed by atoms with van der Waals surface area (Å²) in [7, 11) is 0. The third-order valence-electron chi connectivity index (χ3n) is 3.46. The summed E-state index contributed by atoms with van der Waals surface area (Å²) < 4.78 is 0. The molecule has 3 aromatic rings. The summed E-state index contributed by atoms with van der Waals surface area (Å²) in [6.07, 6.45) is 2.70. The molecule has 0 amide bonds. The number of phenols is 1. The first-order chi connectivity index (χ1) is 12.6.